The predicted octanol–water partition coefficient (Wildman–Crippen LogP) is 3.57. The van der Waals surface area contributed by atoms with E-state index in [1.807, 2.05) is 30.9 Å². The highest BCUT2D eigenvalue weighted by atomic mass is 32.1. The van der Waals surface area contributed by atoms with Gasteiger partial charge in [0.25, 0.3) is 0 Å². The monoisotopic (exact) mass is 372 g/mol. The van der Waals surface area contributed by atoms with Gasteiger partial charge in [-0.15, -0.1) is 0 Å². The smallest absolute Gasteiger partial charge is 0.173 e. The first-order valence-corrected chi connectivity index (χ1v) is 8.90. The van der Waals surface area contributed by atoms with Gasteiger partial charge in [0.2, 0.25) is 0 Å². The Labute approximate surface area is 159 Å². The molecule has 5 nitrogen and oxygen atoms in total. The third kappa shape index (κ3) is 3.48. The Morgan fingerprint density at radius 2 is 1.85 bits per heavy atom. The molecule has 0 unspecified atom stereocenters. The zero-order valence-electron chi connectivity index (χ0n) is 15.5. The molecule has 6 heteroatoms. The van der Waals surface area contributed by atoms with Crippen LogP contribution in [0.5, 0.6) is 11.5 Å². The molecule has 3 rings (SSSR count). The van der Waals surface area contributed by atoms with E-state index in [9.17, 15) is 5.11 Å². The molecule has 0 radical (unpaired) electrons. The van der Waals surface area contributed by atoms with Crippen LogP contribution < -0.4 is 14.8 Å². The van der Waals surface area contributed by atoms with E-state index in [0.29, 0.717) is 24.0 Å². The minimum atomic E-state index is -0.706. The molecule has 138 valence electrons. The van der Waals surface area contributed by atoms with E-state index in [0.717, 1.165) is 33.7 Å². The van der Waals surface area contributed by atoms with Crippen LogP contribution in [-0.2, 0) is 6.54 Å². The maximum Gasteiger partial charge on any atom is 0.173 e. The van der Waals surface area contributed by atoms with Gasteiger partial charge >= 0.3 is 0 Å². The molecule has 0 saturated carbocycles. The Bertz CT molecular complexity index is 838. The van der Waals surface area contributed by atoms with Crippen LogP contribution in [0.3, 0.4) is 0 Å². The number of nitrogens with zero attached hydrogens (tertiary/aromatic N) is 1. The SMILES string of the molecule is COc1ccc(OC)c2c1CN(C(=S)Nc1cc(C)ccc1C)C[C@@H]2O. The summed E-state index contributed by atoms with van der Waals surface area (Å²) >= 11 is 5.61. The second kappa shape index (κ2) is 7.51. The van der Waals surface area contributed by atoms with Gasteiger partial charge in [-0.1, -0.05) is 12.1 Å². The maximum atomic E-state index is 10.7. The molecule has 1 aliphatic rings. The van der Waals surface area contributed by atoms with Gasteiger partial charge in [0.05, 0.1) is 20.8 Å². The zero-order chi connectivity index (χ0) is 18.8. The number of nitrogens with one attached hydrogen (secondary N) is 1. The summed E-state index contributed by atoms with van der Waals surface area (Å²) in [5.41, 5.74) is 4.94. The largest absolute Gasteiger partial charge is 0.496 e. The molecule has 2 aromatic carbocycles. The standard InChI is InChI=1S/C20H24N2O3S/c1-12-5-6-13(2)15(9-12)21-20(26)22-10-14-17(24-3)7-8-18(25-4)19(14)16(23)11-22/h5-9,16,23H,10-11H2,1-4H3,(H,21,26)/t16-/m0/s1. The molecular formula is C20H24N2O3S. The molecule has 0 amide bonds. The molecule has 1 atom stereocenters. The fourth-order valence-electron chi connectivity index (χ4n) is 3.30. The minimum absolute atomic E-state index is 0.396. The van der Waals surface area contributed by atoms with Gasteiger partial charge in [-0.2, -0.15) is 0 Å². The topological polar surface area (TPSA) is 54.0 Å². The van der Waals surface area contributed by atoms with Crippen molar-refractivity contribution in [3.63, 3.8) is 0 Å². The second-order valence-corrected chi connectivity index (χ2v) is 6.89. The predicted molar refractivity (Wildman–Crippen MR) is 107 cm³/mol. The van der Waals surface area contributed by atoms with E-state index >= 15 is 0 Å². The molecule has 2 N–H and O–H groups in total. The van der Waals surface area contributed by atoms with Crippen molar-refractivity contribution in [1.82, 2.24) is 4.90 Å². The number of thiocarbonyl (C=S) groups is 1. The van der Waals surface area contributed by atoms with Crippen LogP contribution in [-0.4, -0.2) is 35.9 Å². The summed E-state index contributed by atoms with van der Waals surface area (Å²) in [6.07, 6.45) is -0.706. The molecule has 26 heavy (non-hydrogen) atoms. The highest BCUT2D eigenvalue weighted by Crippen LogP contribution is 2.39. The maximum absolute atomic E-state index is 10.7. The van der Waals surface area contributed by atoms with Crippen molar-refractivity contribution in [2.24, 2.45) is 0 Å². The summed E-state index contributed by atoms with van der Waals surface area (Å²) in [6, 6.07) is 9.88. The summed E-state index contributed by atoms with van der Waals surface area (Å²) in [5.74, 6) is 1.39. The Kier molecular flexibility index (Phi) is 5.34. The highest BCUT2D eigenvalue weighted by Gasteiger charge is 2.30. The molecule has 0 spiro atoms. The van der Waals surface area contributed by atoms with Gasteiger partial charge in [0.15, 0.2) is 5.11 Å². The number of ether oxygens (including phenoxy) is 2. The number of aliphatic hydroxyl groups is 1. The van der Waals surface area contributed by atoms with Crippen molar-refractivity contribution < 1.29 is 14.6 Å². The Morgan fingerprint density at radius 1 is 1.15 bits per heavy atom. The minimum Gasteiger partial charge on any atom is -0.496 e. The number of aliphatic hydroxyl groups excluding tert-OH is 1. The van der Waals surface area contributed by atoms with Crippen molar-refractivity contribution in [1.29, 1.82) is 0 Å². The highest BCUT2D eigenvalue weighted by molar-refractivity contribution is 7.80. The number of β-amino-alcohol motifs (C(OH)–C–C–N with tert-alkyl or cyclic N) is 1. The van der Waals surface area contributed by atoms with Crippen molar-refractivity contribution in [3.05, 3.63) is 52.6 Å². The molecule has 0 aliphatic carbocycles. The molecule has 2 aromatic rings. The summed E-state index contributed by atoms with van der Waals surface area (Å²) in [5, 5.41) is 14.6. The number of fused-ring (bicyclic) bond motifs is 1. The first-order valence-electron chi connectivity index (χ1n) is 8.49. The van der Waals surface area contributed by atoms with Crippen molar-refractivity contribution in [2.75, 3.05) is 26.1 Å². The van der Waals surface area contributed by atoms with E-state index in [-0.39, 0.29) is 0 Å². The van der Waals surface area contributed by atoms with Gasteiger partial charge in [0, 0.05) is 23.4 Å². The van der Waals surface area contributed by atoms with E-state index in [2.05, 4.69) is 23.5 Å². The number of aryl methyl sites for hydroxylation is 2. The third-order valence-corrected chi connectivity index (χ3v) is 5.07. The van der Waals surface area contributed by atoms with Crippen LogP contribution in [0.1, 0.15) is 28.4 Å². The lowest BCUT2D eigenvalue weighted by atomic mass is 9.95. The van der Waals surface area contributed by atoms with Crippen molar-refractivity contribution >= 4 is 23.0 Å². The molecular weight excluding hydrogens is 348 g/mol. The average molecular weight is 372 g/mol. The number of hydrogen-bond acceptors (Lipinski definition) is 4. The Morgan fingerprint density at radius 3 is 2.54 bits per heavy atom. The molecule has 1 aliphatic heterocycles. The zero-order valence-corrected chi connectivity index (χ0v) is 16.3. The number of hydrogen-bond donors (Lipinski definition) is 2. The van der Waals surface area contributed by atoms with Crippen LogP contribution in [0, 0.1) is 13.8 Å². The fraction of sp³-hybridized carbons (Fsp3) is 0.350. The molecule has 0 saturated heterocycles. The van der Waals surface area contributed by atoms with E-state index in [1.165, 1.54) is 0 Å². The average Bonchev–Trinajstić information content (AvgIpc) is 2.63. The lowest BCUT2D eigenvalue weighted by Crippen LogP contribution is -2.41. The fourth-order valence-corrected chi connectivity index (χ4v) is 3.54. The van der Waals surface area contributed by atoms with Gasteiger partial charge in [-0.25, -0.2) is 0 Å². The third-order valence-electron chi connectivity index (χ3n) is 4.71. The summed E-state index contributed by atoms with van der Waals surface area (Å²) in [4.78, 5) is 1.95. The first kappa shape index (κ1) is 18.5. The summed E-state index contributed by atoms with van der Waals surface area (Å²) in [6.45, 7) is 5.03. The van der Waals surface area contributed by atoms with Gasteiger partial charge in [-0.05, 0) is 55.4 Å². The lowest BCUT2D eigenvalue weighted by molar-refractivity contribution is 0.123. The summed E-state index contributed by atoms with van der Waals surface area (Å²) in [7, 11) is 3.23. The normalized spacial score (nSPS) is 16.0. The number of methoxy groups -OCH3 is 2. The summed E-state index contributed by atoms with van der Waals surface area (Å²) < 4.78 is 10.9. The van der Waals surface area contributed by atoms with E-state index in [1.54, 1.807) is 14.2 Å². The molecule has 1 heterocycles. The van der Waals surface area contributed by atoms with Crippen LogP contribution in [0.15, 0.2) is 30.3 Å². The van der Waals surface area contributed by atoms with E-state index < -0.39 is 6.10 Å². The van der Waals surface area contributed by atoms with E-state index in [4.69, 9.17) is 21.7 Å². The van der Waals surface area contributed by atoms with Crippen LogP contribution in [0.2, 0.25) is 0 Å². The van der Waals surface area contributed by atoms with Gasteiger partial charge in [-0.3, -0.25) is 0 Å². The van der Waals surface area contributed by atoms with Crippen molar-refractivity contribution in [3.8, 4) is 11.5 Å². The van der Waals surface area contributed by atoms with Crippen LogP contribution >= 0.6 is 12.2 Å². The quantitative estimate of drug-likeness (QED) is 0.804. The molecule has 0 aromatic heterocycles. The molecule has 0 fully saturated rings. The molecule has 0 bridgehead atoms. The van der Waals surface area contributed by atoms with Crippen molar-refractivity contribution in [2.45, 2.75) is 26.5 Å². The lowest BCUT2D eigenvalue weighted by Gasteiger charge is -2.35. The van der Waals surface area contributed by atoms with Gasteiger partial charge < -0.3 is 24.8 Å². The number of rotatable bonds is 3. The van der Waals surface area contributed by atoms with Crippen LogP contribution in [0.4, 0.5) is 5.69 Å². The first-order chi connectivity index (χ1) is 12.4. The Balaban J connectivity index is 1.88. The van der Waals surface area contributed by atoms with Crippen LogP contribution in [0.25, 0.3) is 0 Å². The Hall–Kier alpha value is -2.31. The second-order valence-electron chi connectivity index (χ2n) is 6.51. The number of benzene rings is 2. The number of anilines is 1. The van der Waals surface area contributed by atoms with Gasteiger partial charge in [0.1, 0.15) is 17.6 Å².